The van der Waals surface area contributed by atoms with Crippen LogP contribution in [0.3, 0.4) is 0 Å². The minimum atomic E-state index is -0.415. The molecule has 72 valence electrons. The second kappa shape index (κ2) is 4.69. The maximum Gasteiger partial charge on any atom is 0.322 e. The molecule has 0 radical (unpaired) electrons. The molecule has 0 aromatic rings. The average Bonchev–Trinajstić information content (AvgIpc) is 1.83. The molecular weight excluding hydrogens is 176 g/mol. The minimum Gasteiger partial charge on any atom is -0.387 e. The average molecular weight is 193 g/mol. The van der Waals surface area contributed by atoms with Crippen molar-refractivity contribution in [2.45, 2.75) is 13.0 Å². The van der Waals surface area contributed by atoms with Crippen LogP contribution in [0.4, 0.5) is 4.79 Å². The van der Waals surface area contributed by atoms with Gasteiger partial charge in [-0.15, -0.1) is 0 Å². The summed E-state index contributed by atoms with van der Waals surface area (Å²) in [4.78, 5) is 11.0. The molecule has 0 aliphatic carbocycles. The highest BCUT2D eigenvalue weighted by atomic mass is 32.2. The van der Waals surface area contributed by atoms with Crippen molar-refractivity contribution in [3.05, 3.63) is 0 Å². The molecule has 0 aromatic carbocycles. The van der Waals surface area contributed by atoms with Crippen LogP contribution in [-0.2, 0) is 0 Å². The Morgan fingerprint density at radius 1 is 1.67 bits per heavy atom. The van der Waals surface area contributed by atoms with E-state index in [1.807, 2.05) is 14.1 Å². The maximum absolute atomic E-state index is 11.0. The fraction of sp³-hybridized carbons (Fsp3) is 0.857. The third kappa shape index (κ3) is 5.40. The van der Waals surface area contributed by atoms with E-state index in [0.717, 1.165) is 11.8 Å². The number of carbonyl (C=O) groups excluding carboxylic acids is 1. The number of hydrogen-bond acceptors (Lipinski definition) is 3. The molecule has 4 nitrogen and oxygen atoms in total. The Labute approximate surface area is 77.5 Å². The smallest absolute Gasteiger partial charge is 0.322 e. The van der Waals surface area contributed by atoms with Gasteiger partial charge in [0.2, 0.25) is 0 Å². The van der Waals surface area contributed by atoms with Crippen molar-refractivity contribution in [2.24, 2.45) is 0 Å². The van der Waals surface area contributed by atoms with E-state index in [4.69, 9.17) is 5.11 Å². The van der Waals surface area contributed by atoms with Crippen molar-refractivity contribution in [1.29, 1.82) is 0 Å². The van der Waals surface area contributed by atoms with E-state index in [0.29, 0.717) is 11.1 Å². The van der Waals surface area contributed by atoms with Gasteiger partial charge >= 0.3 is 5.24 Å². The number of rotatable bonds is 3. The molecule has 2 N–H and O–H groups in total. The first-order chi connectivity index (χ1) is 5.37. The third-order valence-corrected chi connectivity index (χ3v) is 1.76. The van der Waals surface area contributed by atoms with Crippen LogP contribution in [0.25, 0.3) is 0 Å². The number of carbonyl (C=O) groups is 1. The molecule has 0 aromatic heterocycles. The lowest BCUT2D eigenvalue weighted by atomic mass is 10.4. The Hall–Kier alpha value is -0.260. The van der Waals surface area contributed by atoms with Crippen molar-refractivity contribution in [1.82, 2.24) is 5.43 Å². The Balaban J connectivity index is 3.94. The molecule has 1 unspecified atom stereocenters. The number of aliphatic hydroxyl groups is 1. The number of nitrogens with zero attached hydrogens (tertiary/aromatic N) is 1. The zero-order chi connectivity index (χ0) is 9.78. The molecule has 0 bridgehead atoms. The molecule has 0 saturated carbocycles. The summed E-state index contributed by atoms with van der Waals surface area (Å²) < 4.78 is 0.303. The van der Waals surface area contributed by atoms with Gasteiger partial charge in [-0.25, -0.2) is 4.59 Å². The number of nitrogens with one attached hydrogen (secondary N) is 1. The second-order valence-electron chi connectivity index (χ2n) is 3.32. The number of thioether (sulfide) groups is 1. The predicted octanol–water partition coefficient (Wildman–Crippen LogP) is 0.431. The monoisotopic (exact) mass is 193 g/mol. The molecule has 0 saturated heterocycles. The number of likely N-dealkylation sites (N-methyl/N-ethyl adjacent to an activating group) is 1. The van der Waals surface area contributed by atoms with Crippen LogP contribution in [0, 0.1) is 0 Å². The van der Waals surface area contributed by atoms with E-state index in [1.165, 1.54) is 0 Å². The van der Waals surface area contributed by atoms with Crippen LogP contribution in [0.2, 0.25) is 0 Å². The largest absolute Gasteiger partial charge is 0.387 e. The third-order valence-electron chi connectivity index (χ3n) is 1.30. The second-order valence-corrected chi connectivity index (χ2v) is 4.10. The molecule has 1 atom stereocenters. The summed E-state index contributed by atoms with van der Waals surface area (Å²) in [6.07, 6.45) is 1.31. The lowest BCUT2D eigenvalue weighted by molar-refractivity contribution is -0.926. The fourth-order valence-corrected chi connectivity index (χ4v) is 1.34. The summed E-state index contributed by atoms with van der Waals surface area (Å²) in [5.74, 6) is 0. The lowest BCUT2D eigenvalue weighted by Gasteiger charge is -2.29. The van der Waals surface area contributed by atoms with Crippen molar-refractivity contribution < 1.29 is 14.5 Å². The molecule has 0 heterocycles. The van der Waals surface area contributed by atoms with Gasteiger partial charge in [-0.3, -0.25) is 4.79 Å². The summed E-state index contributed by atoms with van der Waals surface area (Å²) in [6.45, 7) is 2.21. The van der Waals surface area contributed by atoms with Crippen LogP contribution >= 0.6 is 11.8 Å². The summed E-state index contributed by atoms with van der Waals surface area (Å²) in [5.41, 5.74) is 2.74. The first-order valence-corrected chi connectivity index (χ1v) is 4.97. The van der Waals surface area contributed by atoms with Gasteiger partial charge in [0, 0.05) is 0 Å². The van der Waals surface area contributed by atoms with Gasteiger partial charge in [0.25, 0.3) is 0 Å². The van der Waals surface area contributed by atoms with Gasteiger partial charge in [-0.1, -0.05) is 11.8 Å². The lowest BCUT2D eigenvalue weighted by Crippen LogP contribution is -2.56. The molecule has 5 heteroatoms. The van der Waals surface area contributed by atoms with Crippen molar-refractivity contribution in [3.63, 3.8) is 0 Å². The zero-order valence-electron chi connectivity index (χ0n) is 8.00. The highest BCUT2D eigenvalue weighted by molar-refractivity contribution is 8.12. The van der Waals surface area contributed by atoms with E-state index in [2.05, 4.69) is 5.43 Å². The Bertz CT molecular complexity index is 159. The maximum atomic E-state index is 11.0. The Morgan fingerprint density at radius 3 is 2.50 bits per heavy atom. The van der Waals surface area contributed by atoms with Crippen molar-refractivity contribution in [2.75, 3.05) is 26.9 Å². The highest BCUT2D eigenvalue weighted by Gasteiger charge is 2.20. The van der Waals surface area contributed by atoms with Crippen LogP contribution in [-0.4, -0.2) is 47.9 Å². The normalized spacial score (nSPS) is 14.1. The van der Waals surface area contributed by atoms with Crippen LogP contribution in [0.1, 0.15) is 6.92 Å². The molecular formula is C7H17N2O2S+. The van der Waals surface area contributed by atoms with E-state index in [9.17, 15) is 4.79 Å². The van der Waals surface area contributed by atoms with Gasteiger partial charge < -0.3 is 5.11 Å². The molecule has 0 aliphatic rings. The number of aliphatic hydroxyl groups excluding tert-OH is 1. The quantitative estimate of drug-likeness (QED) is 0.505. The molecule has 0 aliphatic heterocycles. The van der Waals surface area contributed by atoms with Crippen molar-refractivity contribution in [3.8, 4) is 0 Å². The van der Waals surface area contributed by atoms with Gasteiger partial charge in [-0.05, 0) is 13.2 Å². The first-order valence-electron chi connectivity index (χ1n) is 3.74. The van der Waals surface area contributed by atoms with E-state index in [1.54, 1.807) is 13.2 Å². The summed E-state index contributed by atoms with van der Waals surface area (Å²) in [7, 11) is 3.67. The molecule has 0 fully saturated rings. The van der Waals surface area contributed by atoms with Gasteiger partial charge in [0.05, 0.1) is 14.1 Å². The molecule has 12 heavy (non-hydrogen) atoms. The minimum absolute atomic E-state index is 0.0827. The van der Waals surface area contributed by atoms with Gasteiger partial charge in [0.15, 0.2) is 0 Å². The van der Waals surface area contributed by atoms with Crippen LogP contribution in [0.5, 0.6) is 0 Å². The zero-order valence-corrected chi connectivity index (χ0v) is 8.81. The Morgan fingerprint density at radius 2 is 2.17 bits per heavy atom. The fourth-order valence-electron chi connectivity index (χ4n) is 0.999. The van der Waals surface area contributed by atoms with E-state index in [-0.39, 0.29) is 5.24 Å². The molecule has 0 rings (SSSR count). The summed E-state index contributed by atoms with van der Waals surface area (Å²) in [5, 5.41) is 9.02. The number of amides is 1. The standard InChI is InChI=1S/C7H16N2O2S/c1-6(10)5-9(2,3)8-7(11)12-4/h6,10H,5H2,1-4H3/p+1. The highest BCUT2D eigenvalue weighted by Crippen LogP contribution is 2.00. The van der Waals surface area contributed by atoms with E-state index >= 15 is 0 Å². The van der Waals surface area contributed by atoms with E-state index < -0.39 is 6.10 Å². The molecule has 1 amide bonds. The summed E-state index contributed by atoms with van der Waals surface area (Å²) in [6, 6.07) is 0. The topological polar surface area (TPSA) is 49.3 Å². The number of quaternary nitrogens is 1. The van der Waals surface area contributed by atoms with Gasteiger partial charge in [-0.2, -0.15) is 5.43 Å². The predicted molar refractivity (Wildman–Crippen MR) is 50.7 cm³/mol. The molecule has 0 spiro atoms. The van der Waals surface area contributed by atoms with Crippen LogP contribution in [0.15, 0.2) is 0 Å². The van der Waals surface area contributed by atoms with Crippen molar-refractivity contribution >= 4 is 17.0 Å². The number of hydrogen-bond donors (Lipinski definition) is 2. The van der Waals surface area contributed by atoms with Crippen LogP contribution < -0.4 is 5.43 Å². The van der Waals surface area contributed by atoms with Gasteiger partial charge in [0.1, 0.15) is 12.6 Å². The Kier molecular flexibility index (Phi) is 4.59. The summed E-state index contributed by atoms with van der Waals surface area (Å²) >= 11 is 1.13. The SMILES string of the molecule is CSC(=O)N[N+](C)(C)CC(C)O. The first kappa shape index (κ1) is 11.7.